The van der Waals surface area contributed by atoms with Crippen LogP contribution in [0.4, 0.5) is 15.8 Å². The van der Waals surface area contributed by atoms with Crippen LogP contribution in [0.5, 0.6) is 5.75 Å². The van der Waals surface area contributed by atoms with Crippen LogP contribution in [0.15, 0.2) is 42.5 Å². The second-order valence-electron chi connectivity index (χ2n) is 4.60. The first-order valence-electron chi connectivity index (χ1n) is 6.39. The van der Waals surface area contributed by atoms with E-state index in [1.54, 1.807) is 6.07 Å². The lowest BCUT2D eigenvalue weighted by Gasteiger charge is -2.26. The van der Waals surface area contributed by atoms with Crippen LogP contribution in [-0.2, 0) is 4.79 Å². The third-order valence-electron chi connectivity index (χ3n) is 3.11. The number of hydrogen-bond acceptors (Lipinski definition) is 3. The first-order chi connectivity index (χ1) is 10.1. The molecule has 1 amide bonds. The van der Waals surface area contributed by atoms with E-state index in [0.29, 0.717) is 18.0 Å². The van der Waals surface area contributed by atoms with Crippen molar-refractivity contribution < 1.29 is 13.9 Å². The molecule has 108 valence electrons. The van der Waals surface area contributed by atoms with E-state index >= 15 is 0 Å². The predicted octanol–water partition coefficient (Wildman–Crippen LogP) is 3.29. The van der Waals surface area contributed by atoms with E-state index < -0.39 is 11.9 Å². The van der Waals surface area contributed by atoms with Crippen LogP contribution < -0.4 is 15.4 Å². The minimum Gasteiger partial charge on any atom is -0.477 e. The number of amides is 1. The van der Waals surface area contributed by atoms with Crippen molar-refractivity contribution in [3.8, 4) is 5.75 Å². The van der Waals surface area contributed by atoms with Crippen LogP contribution >= 0.6 is 11.6 Å². The Balaban J connectivity index is 1.70. The van der Waals surface area contributed by atoms with E-state index in [4.69, 9.17) is 16.3 Å². The average molecular weight is 307 g/mol. The Hall–Kier alpha value is -2.27. The molecule has 0 fully saturated rings. The molecule has 1 aliphatic heterocycles. The van der Waals surface area contributed by atoms with E-state index in [0.717, 1.165) is 5.69 Å². The van der Waals surface area contributed by atoms with E-state index in [1.165, 1.54) is 18.2 Å². The molecule has 3 rings (SSSR count). The molecule has 6 heteroatoms. The van der Waals surface area contributed by atoms with Crippen molar-refractivity contribution in [3.63, 3.8) is 0 Å². The summed E-state index contributed by atoms with van der Waals surface area (Å²) in [6.07, 6.45) is -0.663. The number of hydrogen-bond donors (Lipinski definition) is 2. The molecule has 0 radical (unpaired) electrons. The lowest BCUT2D eigenvalue weighted by atomic mass is 10.2. The Bertz CT molecular complexity index is 693. The molecule has 0 saturated heterocycles. The van der Waals surface area contributed by atoms with Gasteiger partial charge in [-0.3, -0.25) is 4.79 Å². The second-order valence-corrected chi connectivity index (χ2v) is 5.01. The fraction of sp³-hybridized carbons (Fsp3) is 0.133. The van der Waals surface area contributed by atoms with E-state index in [1.807, 2.05) is 18.2 Å². The van der Waals surface area contributed by atoms with Gasteiger partial charge in [0.15, 0.2) is 6.10 Å². The first-order valence-corrected chi connectivity index (χ1v) is 6.77. The fourth-order valence-electron chi connectivity index (χ4n) is 2.06. The molecule has 2 aromatic rings. The molecule has 21 heavy (non-hydrogen) atoms. The molecule has 4 nitrogen and oxygen atoms in total. The normalized spacial score (nSPS) is 16.4. The second kappa shape index (κ2) is 5.61. The van der Waals surface area contributed by atoms with E-state index in [2.05, 4.69) is 10.6 Å². The third kappa shape index (κ3) is 2.92. The van der Waals surface area contributed by atoms with Gasteiger partial charge in [-0.05, 0) is 30.3 Å². The monoisotopic (exact) mass is 306 g/mol. The maximum Gasteiger partial charge on any atom is 0.267 e. The number of para-hydroxylation sites is 2. The van der Waals surface area contributed by atoms with Gasteiger partial charge in [0.2, 0.25) is 0 Å². The standard InChI is InChI=1S/C15H12ClFN2O2/c16-10-7-9(5-6-11(10)17)19-15(20)14-8-18-12-3-1-2-4-13(12)21-14/h1-7,14,18H,8H2,(H,19,20). The Kier molecular flexibility index (Phi) is 3.66. The van der Waals surface area contributed by atoms with Crippen molar-refractivity contribution in [1.82, 2.24) is 0 Å². The predicted molar refractivity (Wildman–Crippen MR) is 79.4 cm³/mol. The molecule has 0 spiro atoms. The zero-order valence-corrected chi connectivity index (χ0v) is 11.7. The molecule has 2 N–H and O–H groups in total. The molecular formula is C15H12ClFN2O2. The number of rotatable bonds is 2. The number of ether oxygens (including phenoxy) is 1. The summed E-state index contributed by atoms with van der Waals surface area (Å²) in [6, 6.07) is 11.4. The fourth-order valence-corrected chi connectivity index (χ4v) is 2.24. The number of nitrogens with one attached hydrogen (secondary N) is 2. The molecule has 2 aromatic carbocycles. The van der Waals surface area contributed by atoms with Crippen molar-refractivity contribution in [2.24, 2.45) is 0 Å². The zero-order chi connectivity index (χ0) is 14.8. The number of carbonyl (C=O) groups is 1. The van der Waals surface area contributed by atoms with Gasteiger partial charge < -0.3 is 15.4 Å². The van der Waals surface area contributed by atoms with Crippen molar-refractivity contribution >= 4 is 28.9 Å². The van der Waals surface area contributed by atoms with Crippen molar-refractivity contribution in [2.45, 2.75) is 6.10 Å². The number of benzene rings is 2. The summed E-state index contributed by atoms with van der Waals surface area (Å²) >= 11 is 5.68. The average Bonchev–Trinajstić information content (AvgIpc) is 2.50. The maximum atomic E-state index is 13.1. The van der Waals surface area contributed by atoms with Crippen LogP contribution in [0.3, 0.4) is 0 Å². The Morgan fingerprint density at radius 3 is 2.95 bits per heavy atom. The summed E-state index contributed by atoms with van der Waals surface area (Å²) in [7, 11) is 0. The van der Waals surface area contributed by atoms with Crippen LogP contribution in [0.2, 0.25) is 5.02 Å². The van der Waals surface area contributed by atoms with Crippen LogP contribution in [-0.4, -0.2) is 18.6 Å². The largest absolute Gasteiger partial charge is 0.477 e. The molecule has 1 atom stereocenters. The minimum atomic E-state index is -0.663. The summed E-state index contributed by atoms with van der Waals surface area (Å²) in [5.41, 5.74) is 1.28. The van der Waals surface area contributed by atoms with Gasteiger partial charge in [-0.2, -0.15) is 0 Å². The molecular weight excluding hydrogens is 295 g/mol. The summed E-state index contributed by atoms with van der Waals surface area (Å²) in [6.45, 7) is 0.359. The SMILES string of the molecule is O=C(Nc1ccc(F)c(Cl)c1)C1CNc2ccccc2O1. The Labute approximate surface area is 125 Å². The molecule has 0 bridgehead atoms. The topological polar surface area (TPSA) is 50.4 Å². The van der Waals surface area contributed by atoms with E-state index in [9.17, 15) is 9.18 Å². The summed E-state index contributed by atoms with van der Waals surface area (Å²) in [5, 5.41) is 5.74. The molecule has 0 aliphatic carbocycles. The highest BCUT2D eigenvalue weighted by molar-refractivity contribution is 6.31. The van der Waals surface area contributed by atoms with Gasteiger partial charge >= 0.3 is 0 Å². The van der Waals surface area contributed by atoms with Crippen LogP contribution in [0.1, 0.15) is 0 Å². The third-order valence-corrected chi connectivity index (χ3v) is 3.40. The van der Waals surface area contributed by atoms with Crippen LogP contribution in [0, 0.1) is 5.82 Å². The smallest absolute Gasteiger partial charge is 0.267 e. The molecule has 0 saturated carbocycles. The van der Waals surface area contributed by atoms with Gasteiger partial charge in [-0.15, -0.1) is 0 Å². The highest BCUT2D eigenvalue weighted by atomic mass is 35.5. The van der Waals surface area contributed by atoms with Crippen molar-refractivity contribution in [2.75, 3.05) is 17.2 Å². The first kappa shape index (κ1) is 13.7. The minimum absolute atomic E-state index is 0.0409. The maximum absolute atomic E-state index is 13.1. The number of fused-ring (bicyclic) bond motifs is 1. The summed E-state index contributed by atoms with van der Waals surface area (Å²) in [5.74, 6) is -0.222. The zero-order valence-electron chi connectivity index (χ0n) is 10.9. The molecule has 1 unspecified atom stereocenters. The lowest BCUT2D eigenvalue weighted by molar-refractivity contribution is -0.122. The number of halogens is 2. The summed E-state index contributed by atoms with van der Waals surface area (Å²) in [4.78, 5) is 12.2. The summed E-state index contributed by atoms with van der Waals surface area (Å²) < 4.78 is 18.7. The molecule has 0 aromatic heterocycles. The Morgan fingerprint density at radius 1 is 1.33 bits per heavy atom. The highest BCUT2D eigenvalue weighted by Gasteiger charge is 2.25. The van der Waals surface area contributed by atoms with Crippen molar-refractivity contribution in [3.05, 3.63) is 53.3 Å². The van der Waals surface area contributed by atoms with Gasteiger partial charge in [0, 0.05) is 5.69 Å². The van der Waals surface area contributed by atoms with Gasteiger partial charge in [0.25, 0.3) is 5.91 Å². The van der Waals surface area contributed by atoms with Gasteiger partial charge in [-0.1, -0.05) is 23.7 Å². The lowest BCUT2D eigenvalue weighted by Crippen LogP contribution is -2.41. The van der Waals surface area contributed by atoms with Crippen LogP contribution in [0.25, 0.3) is 0 Å². The van der Waals surface area contributed by atoms with Gasteiger partial charge in [-0.25, -0.2) is 4.39 Å². The number of anilines is 2. The Morgan fingerprint density at radius 2 is 2.14 bits per heavy atom. The van der Waals surface area contributed by atoms with Crippen molar-refractivity contribution in [1.29, 1.82) is 0 Å². The molecule has 1 aliphatic rings. The highest BCUT2D eigenvalue weighted by Crippen LogP contribution is 2.28. The molecule has 1 heterocycles. The quantitative estimate of drug-likeness (QED) is 0.895. The van der Waals surface area contributed by atoms with Gasteiger partial charge in [0.05, 0.1) is 17.3 Å². The number of carbonyl (C=O) groups excluding carboxylic acids is 1. The van der Waals surface area contributed by atoms with E-state index in [-0.39, 0.29) is 10.9 Å². The van der Waals surface area contributed by atoms with Gasteiger partial charge in [0.1, 0.15) is 11.6 Å².